The lowest BCUT2D eigenvalue weighted by Gasteiger charge is -2.10. The van der Waals surface area contributed by atoms with Crippen LogP contribution in [-0.4, -0.2) is 23.4 Å². The first-order chi connectivity index (χ1) is 9.60. The van der Waals surface area contributed by atoms with Crippen molar-refractivity contribution < 1.29 is 4.74 Å². The molecule has 4 nitrogen and oxygen atoms in total. The Hall–Kier alpha value is -1.81. The van der Waals surface area contributed by atoms with Crippen molar-refractivity contribution in [2.45, 2.75) is 33.1 Å². The van der Waals surface area contributed by atoms with E-state index in [-0.39, 0.29) is 0 Å². The Morgan fingerprint density at radius 2 is 2.00 bits per heavy atom. The molecular formula is C16H23N3O. The van der Waals surface area contributed by atoms with Crippen LogP contribution in [0, 0.1) is 6.92 Å². The average molecular weight is 273 g/mol. The maximum absolute atomic E-state index is 5.74. The second kappa shape index (κ2) is 6.09. The minimum atomic E-state index is 0.343. The number of ether oxygens (including phenoxy) is 1. The Bertz CT molecular complexity index is 587. The van der Waals surface area contributed by atoms with Crippen LogP contribution in [0.1, 0.15) is 36.6 Å². The van der Waals surface area contributed by atoms with Gasteiger partial charge >= 0.3 is 0 Å². The summed E-state index contributed by atoms with van der Waals surface area (Å²) in [5.41, 5.74) is 10.1. The third kappa shape index (κ3) is 2.56. The van der Waals surface area contributed by atoms with Crippen LogP contribution in [0.4, 0.5) is 0 Å². The zero-order chi connectivity index (χ0) is 14.7. The fourth-order valence-corrected chi connectivity index (χ4v) is 2.47. The molecule has 0 bridgehead atoms. The van der Waals surface area contributed by atoms with Crippen molar-refractivity contribution in [1.82, 2.24) is 9.78 Å². The molecule has 20 heavy (non-hydrogen) atoms. The summed E-state index contributed by atoms with van der Waals surface area (Å²) < 4.78 is 7.51. The largest absolute Gasteiger partial charge is 0.481 e. The fourth-order valence-electron chi connectivity index (χ4n) is 2.47. The van der Waals surface area contributed by atoms with Gasteiger partial charge in [0.25, 0.3) is 0 Å². The minimum absolute atomic E-state index is 0.343. The number of benzene rings is 1. The maximum Gasteiger partial charge on any atom is 0.219 e. The summed E-state index contributed by atoms with van der Waals surface area (Å²) in [6.07, 6.45) is 0.780. The van der Waals surface area contributed by atoms with Crippen LogP contribution in [0.2, 0.25) is 0 Å². The first kappa shape index (κ1) is 14.6. The number of rotatable bonds is 5. The van der Waals surface area contributed by atoms with Crippen molar-refractivity contribution in [2.24, 2.45) is 5.73 Å². The van der Waals surface area contributed by atoms with E-state index in [1.54, 1.807) is 7.11 Å². The Morgan fingerprint density at radius 1 is 1.30 bits per heavy atom. The molecule has 4 heteroatoms. The Balaban J connectivity index is 2.64. The molecule has 0 saturated heterocycles. The standard InChI is InChI=1S/C16H23N3O/c1-11(2)15-13(9-10-17)16(20-4)19(18-15)14-8-6-5-7-12(14)3/h5-8,11H,9-10,17H2,1-4H3. The number of methoxy groups -OCH3 is 1. The predicted octanol–water partition coefficient (Wildman–Crippen LogP) is 2.81. The number of aryl methyl sites for hydroxylation is 1. The summed E-state index contributed by atoms with van der Waals surface area (Å²) in [5.74, 6) is 1.14. The molecule has 0 aliphatic rings. The van der Waals surface area contributed by atoms with Crippen LogP contribution in [-0.2, 0) is 6.42 Å². The molecule has 0 amide bonds. The molecule has 0 atom stereocenters. The molecule has 0 aliphatic heterocycles. The summed E-state index contributed by atoms with van der Waals surface area (Å²) in [6, 6.07) is 8.18. The quantitative estimate of drug-likeness (QED) is 0.911. The Morgan fingerprint density at radius 3 is 2.55 bits per heavy atom. The molecule has 0 unspecified atom stereocenters. The lowest BCUT2D eigenvalue weighted by molar-refractivity contribution is 0.379. The first-order valence-electron chi connectivity index (χ1n) is 7.02. The van der Waals surface area contributed by atoms with Crippen LogP contribution < -0.4 is 10.5 Å². The molecule has 0 fully saturated rings. The van der Waals surface area contributed by atoms with Gasteiger partial charge in [-0.1, -0.05) is 32.0 Å². The molecule has 108 valence electrons. The number of para-hydroxylation sites is 1. The Kier molecular flexibility index (Phi) is 4.45. The lowest BCUT2D eigenvalue weighted by Crippen LogP contribution is -2.06. The van der Waals surface area contributed by atoms with Gasteiger partial charge in [0, 0.05) is 5.56 Å². The van der Waals surface area contributed by atoms with Crippen LogP contribution in [0.25, 0.3) is 5.69 Å². The summed E-state index contributed by atoms with van der Waals surface area (Å²) >= 11 is 0. The van der Waals surface area contributed by atoms with Gasteiger partial charge in [0.1, 0.15) is 0 Å². The topological polar surface area (TPSA) is 53.1 Å². The van der Waals surface area contributed by atoms with Crippen molar-refractivity contribution in [1.29, 1.82) is 0 Å². The lowest BCUT2D eigenvalue weighted by atomic mass is 10.0. The number of nitrogens with two attached hydrogens (primary N) is 1. The van der Waals surface area contributed by atoms with Crippen LogP contribution in [0.15, 0.2) is 24.3 Å². The number of hydrogen-bond donors (Lipinski definition) is 1. The predicted molar refractivity (Wildman–Crippen MR) is 81.7 cm³/mol. The summed E-state index contributed by atoms with van der Waals surface area (Å²) in [4.78, 5) is 0. The molecule has 2 rings (SSSR count). The highest BCUT2D eigenvalue weighted by Gasteiger charge is 2.21. The molecule has 0 aliphatic carbocycles. The van der Waals surface area contributed by atoms with Gasteiger partial charge in [-0.15, -0.1) is 0 Å². The molecule has 0 spiro atoms. The van der Waals surface area contributed by atoms with E-state index in [1.165, 1.54) is 5.56 Å². The highest BCUT2D eigenvalue weighted by molar-refractivity contribution is 5.46. The highest BCUT2D eigenvalue weighted by atomic mass is 16.5. The molecule has 0 radical (unpaired) electrons. The molecule has 2 aromatic rings. The van der Waals surface area contributed by atoms with E-state index in [9.17, 15) is 0 Å². The van der Waals surface area contributed by atoms with E-state index in [2.05, 4.69) is 32.9 Å². The summed E-state index contributed by atoms with van der Waals surface area (Å²) in [5, 5.41) is 4.77. The van der Waals surface area contributed by atoms with Crippen molar-refractivity contribution in [2.75, 3.05) is 13.7 Å². The Labute approximate surface area is 120 Å². The monoisotopic (exact) mass is 273 g/mol. The van der Waals surface area contributed by atoms with Crippen LogP contribution in [0.5, 0.6) is 5.88 Å². The van der Waals surface area contributed by atoms with Crippen molar-refractivity contribution in [3.8, 4) is 11.6 Å². The molecule has 2 N–H and O–H groups in total. The number of aromatic nitrogens is 2. The van der Waals surface area contributed by atoms with Gasteiger partial charge in [-0.25, -0.2) is 4.68 Å². The molecule has 0 saturated carbocycles. The van der Waals surface area contributed by atoms with E-state index >= 15 is 0 Å². The van der Waals surface area contributed by atoms with Gasteiger partial charge in [0.15, 0.2) is 0 Å². The van der Waals surface area contributed by atoms with Gasteiger partial charge in [0.2, 0.25) is 5.88 Å². The van der Waals surface area contributed by atoms with Crippen LogP contribution >= 0.6 is 0 Å². The van der Waals surface area contributed by atoms with E-state index in [0.717, 1.165) is 29.2 Å². The fraction of sp³-hybridized carbons (Fsp3) is 0.438. The number of hydrogen-bond acceptors (Lipinski definition) is 3. The maximum atomic E-state index is 5.74. The van der Waals surface area contributed by atoms with Gasteiger partial charge in [0.05, 0.1) is 18.5 Å². The molecular weight excluding hydrogens is 250 g/mol. The van der Waals surface area contributed by atoms with Crippen LogP contribution in [0.3, 0.4) is 0 Å². The third-order valence-corrected chi connectivity index (χ3v) is 3.45. The number of nitrogens with zero attached hydrogens (tertiary/aromatic N) is 2. The van der Waals surface area contributed by atoms with Gasteiger partial charge in [-0.3, -0.25) is 0 Å². The highest BCUT2D eigenvalue weighted by Crippen LogP contribution is 2.31. The molecule has 1 heterocycles. The summed E-state index contributed by atoms with van der Waals surface area (Å²) in [6.45, 7) is 6.96. The van der Waals surface area contributed by atoms with E-state index < -0.39 is 0 Å². The second-order valence-corrected chi connectivity index (χ2v) is 5.26. The normalized spacial score (nSPS) is 11.1. The molecule has 1 aromatic carbocycles. The van der Waals surface area contributed by atoms with E-state index in [1.807, 2.05) is 16.8 Å². The SMILES string of the molecule is COc1c(CCN)c(C(C)C)nn1-c1ccccc1C. The van der Waals surface area contributed by atoms with E-state index in [4.69, 9.17) is 15.6 Å². The minimum Gasteiger partial charge on any atom is -0.481 e. The zero-order valence-electron chi connectivity index (χ0n) is 12.7. The van der Waals surface area contributed by atoms with E-state index in [0.29, 0.717) is 12.5 Å². The van der Waals surface area contributed by atoms with Crippen molar-refractivity contribution in [3.63, 3.8) is 0 Å². The van der Waals surface area contributed by atoms with Gasteiger partial charge < -0.3 is 10.5 Å². The second-order valence-electron chi connectivity index (χ2n) is 5.26. The average Bonchev–Trinajstić information content (AvgIpc) is 2.78. The van der Waals surface area contributed by atoms with Crippen molar-refractivity contribution in [3.05, 3.63) is 41.1 Å². The third-order valence-electron chi connectivity index (χ3n) is 3.45. The summed E-state index contributed by atoms with van der Waals surface area (Å²) in [7, 11) is 1.69. The molecule has 1 aromatic heterocycles. The first-order valence-corrected chi connectivity index (χ1v) is 7.02. The van der Waals surface area contributed by atoms with Gasteiger partial charge in [-0.05, 0) is 37.4 Å². The van der Waals surface area contributed by atoms with Gasteiger partial charge in [-0.2, -0.15) is 5.10 Å². The smallest absolute Gasteiger partial charge is 0.219 e. The zero-order valence-corrected chi connectivity index (χ0v) is 12.7. The van der Waals surface area contributed by atoms with Crippen molar-refractivity contribution >= 4 is 0 Å².